The van der Waals surface area contributed by atoms with Crippen LogP contribution in [-0.4, -0.2) is 31.6 Å². The summed E-state index contributed by atoms with van der Waals surface area (Å²) in [6.45, 7) is 0.317. The number of nitro groups is 1. The summed E-state index contributed by atoms with van der Waals surface area (Å²) in [6, 6.07) is 10.1. The standard InChI is InChI=1S/C19H18N6O3/c26-19(23-15-5-6-15)13-4-7-16(17(11-13)25(27)28)21-12-14-3-1-8-20-18(14)24-10-2-9-22-24/h1-4,7-11,15,21H,5-6,12H2,(H,23,26). The van der Waals surface area contributed by atoms with E-state index in [0.29, 0.717) is 18.1 Å². The van der Waals surface area contributed by atoms with Gasteiger partial charge in [0.15, 0.2) is 5.82 Å². The first-order valence-corrected chi connectivity index (χ1v) is 8.89. The molecule has 0 saturated heterocycles. The van der Waals surface area contributed by atoms with Gasteiger partial charge in [0.05, 0.1) is 4.92 Å². The van der Waals surface area contributed by atoms with Gasteiger partial charge in [-0.2, -0.15) is 5.10 Å². The molecular weight excluding hydrogens is 360 g/mol. The van der Waals surface area contributed by atoms with Gasteiger partial charge in [0.1, 0.15) is 5.69 Å². The number of nitro benzene ring substituents is 1. The van der Waals surface area contributed by atoms with Gasteiger partial charge in [-0.15, -0.1) is 0 Å². The second-order valence-corrected chi connectivity index (χ2v) is 6.53. The van der Waals surface area contributed by atoms with Gasteiger partial charge in [-0.25, -0.2) is 9.67 Å². The zero-order valence-corrected chi connectivity index (χ0v) is 14.9. The van der Waals surface area contributed by atoms with Gasteiger partial charge >= 0.3 is 0 Å². The molecule has 1 amide bonds. The van der Waals surface area contributed by atoms with Crippen molar-refractivity contribution in [1.82, 2.24) is 20.1 Å². The molecule has 2 heterocycles. The third-order valence-corrected chi connectivity index (χ3v) is 4.43. The fourth-order valence-corrected chi connectivity index (χ4v) is 2.83. The molecule has 1 aliphatic carbocycles. The smallest absolute Gasteiger partial charge is 0.293 e. The van der Waals surface area contributed by atoms with E-state index in [9.17, 15) is 14.9 Å². The summed E-state index contributed by atoms with van der Waals surface area (Å²) in [7, 11) is 0. The first kappa shape index (κ1) is 17.7. The lowest BCUT2D eigenvalue weighted by Crippen LogP contribution is -2.25. The van der Waals surface area contributed by atoms with Crippen LogP contribution in [0, 0.1) is 10.1 Å². The van der Waals surface area contributed by atoms with Crippen LogP contribution in [0.4, 0.5) is 11.4 Å². The Labute approximate surface area is 160 Å². The Bertz CT molecular complexity index is 1010. The van der Waals surface area contributed by atoms with E-state index in [0.717, 1.165) is 18.4 Å². The fourth-order valence-electron chi connectivity index (χ4n) is 2.83. The molecule has 142 valence electrons. The van der Waals surface area contributed by atoms with E-state index in [1.165, 1.54) is 6.07 Å². The highest BCUT2D eigenvalue weighted by atomic mass is 16.6. The minimum atomic E-state index is -0.492. The molecule has 1 fully saturated rings. The quantitative estimate of drug-likeness (QED) is 0.482. The average molecular weight is 378 g/mol. The van der Waals surface area contributed by atoms with Crippen LogP contribution < -0.4 is 10.6 Å². The third-order valence-electron chi connectivity index (χ3n) is 4.43. The minimum Gasteiger partial charge on any atom is -0.375 e. The maximum absolute atomic E-state index is 12.2. The van der Waals surface area contributed by atoms with E-state index in [2.05, 4.69) is 20.7 Å². The number of anilines is 1. The number of hydrogen-bond acceptors (Lipinski definition) is 6. The van der Waals surface area contributed by atoms with Gasteiger partial charge in [0.25, 0.3) is 11.6 Å². The van der Waals surface area contributed by atoms with E-state index < -0.39 is 4.92 Å². The van der Waals surface area contributed by atoms with Crippen molar-refractivity contribution in [2.24, 2.45) is 0 Å². The molecule has 1 aliphatic rings. The Balaban J connectivity index is 1.55. The van der Waals surface area contributed by atoms with Crippen molar-refractivity contribution in [2.75, 3.05) is 5.32 Å². The predicted octanol–water partition coefficient (Wildman–Crippen LogP) is 2.68. The Morgan fingerprint density at radius 3 is 2.82 bits per heavy atom. The Hall–Kier alpha value is -3.75. The second-order valence-electron chi connectivity index (χ2n) is 6.53. The SMILES string of the molecule is O=C(NC1CC1)c1ccc(NCc2cccnc2-n2cccn2)c([N+](=O)[O-])c1. The molecule has 1 aromatic carbocycles. The number of aromatic nitrogens is 3. The summed E-state index contributed by atoms with van der Waals surface area (Å²) < 4.78 is 1.64. The molecule has 1 saturated carbocycles. The van der Waals surface area contributed by atoms with Crippen molar-refractivity contribution in [3.8, 4) is 5.82 Å². The van der Waals surface area contributed by atoms with Crippen LogP contribution in [-0.2, 0) is 6.54 Å². The van der Waals surface area contributed by atoms with Crippen LogP contribution >= 0.6 is 0 Å². The Kier molecular flexibility index (Phi) is 4.71. The predicted molar refractivity (Wildman–Crippen MR) is 102 cm³/mol. The van der Waals surface area contributed by atoms with Gasteiger partial charge in [0.2, 0.25) is 0 Å². The van der Waals surface area contributed by atoms with Gasteiger partial charge < -0.3 is 10.6 Å². The number of nitrogens with zero attached hydrogens (tertiary/aromatic N) is 4. The zero-order chi connectivity index (χ0) is 19.5. The molecule has 0 atom stereocenters. The van der Waals surface area contributed by atoms with Crippen molar-refractivity contribution in [3.05, 3.63) is 76.2 Å². The zero-order valence-electron chi connectivity index (χ0n) is 14.9. The molecule has 2 N–H and O–H groups in total. The van der Waals surface area contributed by atoms with E-state index in [-0.39, 0.29) is 23.2 Å². The van der Waals surface area contributed by atoms with Crippen molar-refractivity contribution < 1.29 is 9.72 Å². The van der Waals surface area contributed by atoms with E-state index >= 15 is 0 Å². The molecule has 4 rings (SSSR count). The number of hydrogen-bond donors (Lipinski definition) is 2. The van der Waals surface area contributed by atoms with Crippen molar-refractivity contribution in [3.63, 3.8) is 0 Å². The van der Waals surface area contributed by atoms with Gasteiger partial charge in [-0.05, 0) is 37.1 Å². The second kappa shape index (κ2) is 7.47. The van der Waals surface area contributed by atoms with Crippen LogP contribution in [0.1, 0.15) is 28.8 Å². The Morgan fingerprint density at radius 1 is 1.25 bits per heavy atom. The highest BCUT2D eigenvalue weighted by Crippen LogP contribution is 2.27. The van der Waals surface area contributed by atoms with Crippen LogP contribution in [0.3, 0.4) is 0 Å². The maximum atomic E-state index is 12.2. The number of rotatable bonds is 7. The normalized spacial score (nSPS) is 13.1. The average Bonchev–Trinajstić information content (AvgIpc) is 3.35. The van der Waals surface area contributed by atoms with Crippen molar-refractivity contribution >= 4 is 17.3 Å². The molecule has 9 heteroatoms. The molecule has 0 radical (unpaired) electrons. The molecule has 28 heavy (non-hydrogen) atoms. The molecule has 0 unspecified atom stereocenters. The molecule has 2 aromatic heterocycles. The summed E-state index contributed by atoms with van der Waals surface area (Å²) in [5, 5.41) is 21.6. The first-order chi connectivity index (χ1) is 13.6. The fraction of sp³-hybridized carbons (Fsp3) is 0.211. The lowest BCUT2D eigenvalue weighted by molar-refractivity contribution is -0.384. The highest BCUT2D eigenvalue weighted by molar-refractivity contribution is 5.96. The summed E-state index contributed by atoms with van der Waals surface area (Å²) >= 11 is 0. The minimum absolute atomic E-state index is 0.145. The Morgan fingerprint density at radius 2 is 2.11 bits per heavy atom. The summed E-state index contributed by atoms with van der Waals surface area (Å²) in [4.78, 5) is 27.5. The molecular formula is C19H18N6O3. The topological polar surface area (TPSA) is 115 Å². The van der Waals surface area contributed by atoms with E-state index in [1.54, 1.807) is 47.5 Å². The van der Waals surface area contributed by atoms with Crippen LogP contribution in [0.25, 0.3) is 5.82 Å². The van der Waals surface area contributed by atoms with Gasteiger partial charge in [-0.1, -0.05) is 6.07 Å². The number of pyridine rings is 1. The van der Waals surface area contributed by atoms with Crippen LogP contribution in [0.5, 0.6) is 0 Å². The lowest BCUT2D eigenvalue weighted by Gasteiger charge is -2.11. The summed E-state index contributed by atoms with van der Waals surface area (Å²) in [6.07, 6.45) is 7.01. The first-order valence-electron chi connectivity index (χ1n) is 8.89. The monoisotopic (exact) mass is 378 g/mol. The molecule has 0 bridgehead atoms. The van der Waals surface area contributed by atoms with Crippen molar-refractivity contribution in [1.29, 1.82) is 0 Å². The van der Waals surface area contributed by atoms with Crippen LogP contribution in [0.15, 0.2) is 55.0 Å². The molecule has 9 nitrogen and oxygen atoms in total. The number of amides is 1. The summed E-state index contributed by atoms with van der Waals surface area (Å²) in [5.74, 6) is 0.355. The lowest BCUT2D eigenvalue weighted by atomic mass is 10.1. The van der Waals surface area contributed by atoms with Crippen molar-refractivity contribution in [2.45, 2.75) is 25.4 Å². The molecule has 0 aliphatic heterocycles. The number of nitrogens with one attached hydrogen (secondary N) is 2. The van der Waals surface area contributed by atoms with Gasteiger partial charge in [0, 0.05) is 48.4 Å². The molecule has 3 aromatic rings. The molecule has 0 spiro atoms. The van der Waals surface area contributed by atoms with E-state index in [1.807, 2.05) is 6.07 Å². The summed E-state index contributed by atoms with van der Waals surface area (Å²) in [5.41, 5.74) is 1.30. The van der Waals surface area contributed by atoms with Crippen LogP contribution in [0.2, 0.25) is 0 Å². The number of carbonyl (C=O) groups excluding carboxylic acids is 1. The largest absolute Gasteiger partial charge is 0.375 e. The number of benzene rings is 1. The van der Waals surface area contributed by atoms with Gasteiger partial charge in [-0.3, -0.25) is 14.9 Å². The maximum Gasteiger partial charge on any atom is 0.293 e. The highest BCUT2D eigenvalue weighted by Gasteiger charge is 2.25. The van der Waals surface area contributed by atoms with E-state index in [4.69, 9.17) is 0 Å². The third kappa shape index (κ3) is 3.83. The number of carbonyl (C=O) groups is 1.